The van der Waals surface area contributed by atoms with Gasteiger partial charge >= 0.3 is 0 Å². The number of benzene rings is 1. The molecule has 7 heteroatoms. The Morgan fingerprint density at radius 2 is 1.82 bits per heavy atom. The van der Waals surface area contributed by atoms with Gasteiger partial charge in [0.1, 0.15) is 0 Å². The zero-order valence-corrected chi connectivity index (χ0v) is 18.0. The molecule has 4 rings (SSSR count). The summed E-state index contributed by atoms with van der Waals surface area (Å²) in [7, 11) is -3.17. The predicted octanol–water partition coefficient (Wildman–Crippen LogP) is 2.83. The van der Waals surface area contributed by atoms with Gasteiger partial charge in [-0.25, -0.2) is 8.42 Å². The lowest BCUT2D eigenvalue weighted by Gasteiger charge is -2.51. The van der Waals surface area contributed by atoms with E-state index in [1.165, 1.54) is 17.4 Å². The fourth-order valence-electron chi connectivity index (χ4n) is 5.36. The van der Waals surface area contributed by atoms with Gasteiger partial charge < -0.3 is 9.47 Å². The van der Waals surface area contributed by atoms with Crippen LogP contribution < -0.4 is 9.47 Å². The highest BCUT2D eigenvalue weighted by Crippen LogP contribution is 2.46. The largest absolute Gasteiger partial charge is 0.490 e. The van der Waals surface area contributed by atoms with E-state index in [0.717, 1.165) is 50.3 Å². The van der Waals surface area contributed by atoms with E-state index in [1.54, 1.807) is 4.31 Å². The summed E-state index contributed by atoms with van der Waals surface area (Å²) < 4.78 is 38.2. The Hall–Kier alpha value is -1.31. The smallest absolute Gasteiger partial charge is 0.211 e. The summed E-state index contributed by atoms with van der Waals surface area (Å²) in [6.45, 7) is 7.85. The van der Waals surface area contributed by atoms with Crippen molar-refractivity contribution in [1.82, 2.24) is 9.21 Å². The zero-order chi connectivity index (χ0) is 19.9. The predicted molar refractivity (Wildman–Crippen MR) is 109 cm³/mol. The van der Waals surface area contributed by atoms with Gasteiger partial charge in [0.25, 0.3) is 0 Å². The Kier molecular flexibility index (Phi) is 5.60. The van der Waals surface area contributed by atoms with Gasteiger partial charge in [0.2, 0.25) is 10.0 Å². The standard InChI is InChI=1S/C21H32N2O4S/c1-4-26-20-11-15-8-10-22-14-16-7-6-9-23(28(3,24)25)18(16)13-19(22)17(15)12-21(20)27-5-2/h11-12,16,18-19H,4-10,13-14H2,1-3H3. The molecule has 2 fully saturated rings. The second kappa shape index (κ2) is 7.84. The van der Waals surface area contributed by atoms with E-state index in [0.29, 0.717) is 25.7 Å². The Morgan fingerprint density at radius 3 is 2.50 bits per heavy atom. The number of hydrogen-bond acceptors (Lipinski definition) is 5. The number of piperidine rings is 2. The number of rotatable bonds is 5. The summed E-state index contributed by atoms with van der Waals surface area (Å²) in [5.74, 6) is 2.06. The van der Waals surface area contributed by atoms with Gasteiger partial charge in [-0.15, -0.1) is 0 Å². The van der Waals surface area contributed by atoms with Crippen molar-refractivity contribution < 1.29 is 17.9 Å². The highest BCUT2D eigenvalue weighted by atomic mass is 32.2. The monoisotopic (exact) mass is 408 g/mol. The normalized spacial score (nSPS) is 28.2. The van der Waals surface area contributed by atoms with Gasteiger partial charge in [0.05, 0.1) is 19.5 Å². The van der Waals surface area contributed by atoms with Crippen LogP contribution in [0.3, 0.4) is 0 Å². The minimum atomic E-state index is -3.17. The molecule has 0 aromatic heterocycles. The minimum Gasteiger partial charge on any atom is -0.490 e. The third-order valence-corrected chi connectivity index (χ3v) is 7.81. The first-order chi connectivity index (χ1) is 13.4. The van der Waals surface area contributed by atoms with E-state index in [9.17, 15) is 8.42 Å². The maximum absolute atomic E-state index is 12.4. The Labute approximate surface area is 168 Å². The lowest BCUT2D eigenvalue weighted by molar-refractivity contribution is 0.0221. The number of ether oxygens (including phenoxy) is 2. The maximum Gasteiger partial charge on any atom is 0.211 e. The molecular formula is C21H32N2O4S. The fourth-order valence-corrected chi connectivity index (χ4v) is 6.57. The van der Waals surface area contributed by atoms with E-state index in [2.05, 4.69) is 17.0 Å². The molecule has 0 saturated carbocycles. The van der Waals surface area contributed by atoms with Crippen molar-refractivity contribution >= 4 is 10.0 Å². The molecule has 0 radical (unpaired) electrons. The summed E-state index contributed by atoms with van der Waals surface area (Å²) in [5, 5.41) is 0. The minimum absolute atomic E-state index is 0.109. The molecule has 1 aromatic rings. The van der Waals surface area contributed by atoms with E-state index >= 15 is 0 Å². The average Bonchev–Trinajstić information content (AvgIpc) is 2.66. The third kappa shape index (κ3) is 3.64. The van der Waals surface area contributed by atoms with Crippen LogP contribution in [0.15, 0.2) is 12.1 Å². The SMILES string of the molecule is CCOc1cc2c(cc1OCC)C1CC3C(CCCN3S(C)(=O)=O)CN1CC2. The highest BCUT2D eigenvalue weighted by Gasteiger charge is 2.45. The quantitative estimate of drug-likeness (QED) is 0.750. The molecule has 0 N–H and O–H groups in total. The number of hydrogen-bond donors (Lipinski definition) is 0. The van der Waals surface area contributed by atoms with Crippen molar-refractivity contribution in [3.63, 3.8) is 0 Å². The van der Waals surface area contributed by atoms with Gasteiger partial charge in [-0.05, 0) is 68.7 Å². The molecule has 0 aliphatic carbocycles. The lowest BCUT2D eigenvalue weighted by Crippen LogP contribution is -2.57. The van der Waals surface area contributed by atoms with Crippen LogP contribution in [0.5, 0.6) is 11.5 Å². The summed E-state index contributed by atoms with van der Waals surface area (Å²) in [6.07, 6.45) is 5.32. The van der Waals surface area contributed by atoms with Crippen LogP contribution in [0.4, 0.5) is 0 Å². The van der Waals surface area contributed by atoms with Crippen molar-refractivity contribution in [2.24, 2.45) is 5.92 Å². The molecule has 3 aliphatic heterocycles. The fraction of sp³-hybridized carbons (Fsp3) is 0.714. The topological polar surface area (TPSA) is 59.1 Å². The van der Waals surface area contributed by atoms with Gasteiger partial charge in [0.15, 0.2) is 11.5 Å². The van der Waals surface area contributed by atoms with E-state index in [4.69, 9.17) is 9.47 Å². The van der Waals surface area contributed by atoms with E-state index in [-0.39, 0.29) is 12.1 Å². The van der Waals surface area contributed by atoms with E-state index in [1.807, 2.05) is 13.8 Å². The van der Waals surface area contributed by atoms with Gasteiger partial charge in [-0.2, -0.15) is 4.31 Å². The number of fused-ring (bicyclic) bond motifs is 4. The molecule has 3 atom stereocenters. The maximum atomic E-state index is 12.4. The van der Waals surface area contributed by atoms with Gasteiger partial charge in [-0.3, -0.25) is 4.90 Å². The van der Waals surface area contributed by atoms with E-state index < -0.39 is 10.0 Å². The van der Waals surface area contributed by atoms with Crippen molar-refractivity contribution in [2.75, 3.05) is 39.1 Å². The summed E-state index contributed by atoms with van der Waals surface area (Å²) in [4.78, 5) is 2.56. The number of sulfonamides is 1. The molecule has 3 unspecified atom stereocenters. The third-order valence-electron chi connectivity index (χ3n) is 6.50. The summed E-state index contributed by atoms with van der Waals surface area (Å²) in [5.41, 5.74) is 2.60. The van der Waals surface area contributed by atoms with Crippen molar-refractivity contribution in [2.45, 2.75) is 51.6 Å². The second-order valence-corrected chi connectivity index (χ2v) is 10.1. The van der Waals surface area contributed by atoms with Crippen LogP contribution in [-0.2, 0) is 16.4 Å². The second-order valence-electron chi connectivity index (χ2n) is 8.20. The Balaban J connectivity index is 1.68. The first kappa shape index (κ1) is 20.0. The highest BCUT2D eigenvalue weighted by molar-refractivity contribution is 7.88. The zero-order valence-electron chi connectivity index (χ0n) is 17.2. The molecule has 1 aromatic carbocycles. The molecule has 3 heterocycles. The molecule has 0 bridgehead atoms. The first-order valence-electron chi connectivity index (χ1n) is 10.6. The molecular weight excluding hydrogens is 376 g/mol. The van der Waals surface area contributed by atoms with Crippen molar-refractivity contribution in [3.05, 3.63) is 23.3 Å². The first-order valence-corrected chi connectivity index (χ1v) is 12.4. The van der Waals surface area contributed by atoms with Crippen LogP contribution in [0, 0.1) is 5.92 Å². The molecule has 0 amide bonds. The van der Waals surface area contributed by atoms with Gasteiger partial charge in [-0.1, -0.05) is 0 Å². The molecule has 156 valence electrons. The van der Waals surface area contributed by atoms with Crippen molar-refractivity contribution in [3.8, 4) is 11.5 Å². The molecule has 6 nitrogen and oxygen atoms in total. The number of nitrogens with zero attached hydrogens (tertiary/aromatic N) is 2. The Morgan fingerprint density at radius 1 is 1.11 bits per heavy atom. The van der Waals surface area contributed by atoms with Crippen LogP contribution in [0.25, 0.3) is 0 Å². The molecule has 2 saturated heterocycles. The van der Waals surface area contributed by atoms with Crippen LogP contribution >= 0.6 is 0 Å². The Bertz CT molecular complexity index is 826. The lowest BCUT2D eigenvalue weighted by atomic mass is 9.77. The average molecular weight is 409 g/mol. The molecule has 3 aliphatic rings. The summed E-state index contributed by atoms with van der Waals surface area (Å²) in [6, 6.07) is 4.65. The van der Waals surface area contributed by atoms with Crippen molar-refractivity contribution in [1.29, 1.82) is 0 Å². The van der Waals surface area contributed by atoms with Crippen LogP contribution in [0.2, 0.25) is 0 Å². The molecule has 0 spiro atoms. The van der Waals surface area contributed by atoms with Crippen LogP contribution in [0.1, 0.15) is 50.3 Å². The van der Waals surface area contributed by atoms with Gasteiger partial charge in [0, 0.05) is 31.7 Å². The summed E-state index contributed by atoms with van der Waals surface area (Å²) >= 11 is 0. The molecule has 28 heavy (non-hydrogen) atoms. The van der Waals surface area contributed by atoms with Crippen LogP contribution in [-0.4, -0.2) is 62.8 Å².